The Bertz CT molecular complexity index is 466. The molecular formula is C13H15FN2O2. The molecule has 2 aliphatic rings. The molecule has 1 aromatic heterocycles. The van der Waals surface area contributed by atoms with E-state index in [2.05, 4.69) is 4.98 Å². The van der Waals surface area contributed by atoms with Crippen LogP contribution in [0.4, 0.5) is 4.39 Å². The number of pyridine rings is 1. The van der Waals surface area contributed by atoms with Gasteiger partial charge in [0.05, 0.1) is 6.10 Å². The maximum absolute atomic E-state index is 13.0. The molecule has 0 aromatic carbocycles. The van der Waals surface area contributed by atoms with E-state index in [1.165, 1.54) is 18.3 Å². The van der Waals surface area contributed by atoms with E-state index in [-0.39, 0.29) is 24.1 Å². The number of carbonyl (C=O) groups is 1. The summed E-state index contributed by atoms with van der Waals surface area (Å²) in [6.07, 6.45) is 4.14. The van der Waals surface area contributed by atoms with Crippen LogP contribution < -0.4 is 0 Å². The number of piperidine rings is 1. The lowest BCUT2D eigenvalue weighted by atomic mass is 9.99. The van der Waals surface area contributed by atoms with Gasteiger partial charge < -0.3 is 10.0 Å². The van der Waals surface area contributed by atoms with E-state index in [4.69, 9.17) is 0 Å². The number of hydrogen-bond donors (Lipinski definition) is 1. The number of halogens is 1. The Labute approximate surface area is 104 Å². The van der Waals surface area contributed by atoms with Gasteiger partial charge in [0.2, 0.25) is 5.95 Å². The molecule has 4 nitrogen and oxygen atoms in total. The summed E-state index contributed by atoms with van der Waals surface area (Å²) in [6, 6.07) is 2.91. The maximum Gasteiger partial charge on any atom is 0.254 e. The van der Waals surface area contributed by atoms with Crippen molar-refractivity contribution < 1.29 is 14.3 Å². The first-order valence-corrected chi connectivity index (χ1v) is 6.27. The van der Waals surface area contributed by atoms with Crippen LogP contribution in [0.3, 0.4) is 0 Å². The highest BCUT2D eigenvalue weighted by Gasteiger charge is 2.42. The zero-order chi connectivity index (χ0) is 12.7. The minimum Gasteiger partial charge on any atom is -0.393 e. The second-order valence-corrected chi connectivity index (χ2v) is 5.09. The Kier molecular flexibility index (Phi) is 2.78. The highest BCUT2D eigenvalue weighted by molar-refractivity contribution is 5.94. The maximum atomic E-state index is 13.0. The number of hydrogen-bond acceptors (Lipinski definition) is 3. The van der Waals surface area contributed by atoms with E-state index in [0.29, 0.717) is 18.4 Å². The lowest BCUT2D eigenvalue weighted by Gasteiger charge is -2.37. The molecule has 3 heterocycles. The Morgan fingerprint density at radius 1 is 1.39 bits per heavy atom. The van der Waals surface area contributed by atoms with Crippen LogP contribution in [0.15, 0.2) is 18.3 Å². The first-order valence-electron chi connectivity index (χ1n) is 6.27. The minimum atomic E-state index is -0.634. The lowest BCUT2D eigenvalue weighted by Crippen LogP contribution is -2.48. The molecule has 0 aliphatic carbocycles. The summed E-state index contributed by atoms with van der Waals surface area (Å²) in [5.41, 5.74) is 0.343. The molecule has 2 saturated heterocycles. The third-order valence-corrected chi connectivity index (χ3v) is 3.92. The average Bonchev–Trinajstić information content (AvgIpc) is 2.61. The fraction of sp³-hybridized carbons (Fsp3) is 0.538. The quantitative estimate of drug-likeness (QED) is 0.765. The summed E-state index contributed by atoms with van der Waals surface area (Å²) in [4.78, 5) is 17.6. The van der Waals surface area contributed by atoms with E-state index < -0.39 is 5.95 Å². The number of aliphatic hydroxyl groups excluding tert-OH is 1. The Hall–Kier alpha value is -1.49. The van der Waals surface area contributed by atoms with Crippen LogP contribution in [0, 0.1) is 5.95 Å². The average molecular weight is 250 g/mol. The molecule has 2 atom stereocenters. The summed E-state index contributed by atoms with van der Waals surface area (Å²) < 4.78 is 13.0. The van der Waals surface area contributed by atoms with Crippen molar-refractivity contribution in [3.05, 3.63) is 29.8 Å². The van der Waals surface area contributed by atoms with Crippen molar-refractivity contribution in [2.75, 3.05) is 0 Å². The van der Waals surface area contributed by atoms with Crippen LogP contribution in [-0.4, -0.2) is 39.1 Å². The number of aliphatic hydroxyl groups is 1. The molecule has 3 rings (SSSR count). The van der Waals surface area contributed by atoms with Crippen LogP contribution >= 0.6 is 0 Å². The van der Waals surface area contributed by atoms with E-state index in [9.17, 15) is 14.3 Å². The summed E-state index contributed by atoms with van der Waals surface area (Å²) in [6.45, 7) is 0. The van der Waals surface area contributed by atoms with E-state index >= 15 is 0 Å². The van der Waals surface area contributed by atoms with Crippen molar-refractivity contribution in [1.82, 2.24) is 9.88 Å². The highest BCUT2D eigenvalue weighted by Crippen LogP contribution is 2.36. The number of carbonyl (C=O) groups excluding carboxylic acids is 1. The Morgan fingerprint density at radius 3 is 2.67 bits per heavy atom. The SMILES string of the molecule is O=C(c1ccnc(F)c1)N1C2CCC1CC(O)C2. The number of nitrogens with zero attached hydrogens (tertiary/aromatic N) is 2. The molecule has 18 heavy (non-hydrogen) atoms. The van der Waals surface area contributed by atoms with Gasteiger partial charge in [0, 0.05) is 29.9 Å². The number of rotatable bonds is 1. The van der Waals surface area contributed by atoms with Gasteiger partial charge in [-0.1, -0.05) is 0 Å². The first-order chi connectivity index (χ1) is 8.65. The summed E-state index contributed by atoms with van der Waals surface area (Å²) >= 11 is 0. The van der Waals surface area contributed by atoms with Crippen molar-refractivity contribution in [2.45, 2.75) is 43.9 Å². The molecule has 0 saturated carbocycles. The molecule has 5 heteroatoms. The fourth-order valence-corrected chi connectivity index (χ4v) is 3.16. The van der Waals surface area contributed by atoms with Crippen LogP contribution in [0.25, 0.3) is 0 Å². The third kappa shape index (κ3) is 1.88. The van der Waals surface area contributed by atoms with E-state index in [0.717, 1.165) is 12.8 Å². The van der Waals surface area contributed by atoms with E-state index in [1.807, 2.05) is 4.90 Å². The monoisotopic (exact) mass is 250 g/mol. The molecule has 1 amide bonds. The molecule has 2 fully saturated rings. The number of amides is 1. The van der Waals surface area contributed by atoms with Gasteiger partial charge in [-0.15, -0.1) is 0 Å². The topological polar surface area (TPSA) is 53.4 Å². The molecule has 0 spiro atoms. The van der Waals surface area contributed by atoms with Crippen LogP contribution in [0.1, 0.15) is 36.0 Å². The normalized spacial score (nSPS) is 30.6. The van der Waals surface area contributed by atoms with Gasteiger partial charge in [-0.3, -0.25) is 4.79 Å². The van der Waals surface area contributed by atoms with Crippen LogP contribution in [0.5, 0.6) is 0 Å². The molecule has 1 N–H and O–H groups in total. The van der Waals surface area contributed by atoms with E-state index in [1.54, 1.807) is 0 Å². The van der Waals surface area contributed by atoms with Crippen LogP contribution in [0.2, 0.25) is 0 Å². The third-order valence-electron chi connectivity index (χ3n) is 3.92. The van der Waals surface area contributed by atoms with Gasteiger partial charge in [-0.05, 0) is 31.7 Å². The van der Waals surface area contributed by atoms with Gasteiger partial charge in [0.25, 0.3) is 5.91 Å². The van der Waals surface area contributed by atoms with Crippen LogP contribution in [-0.2, 0) is 0 Å². The fourth-order valence-electron chi connectivity index (χ4n) is 3.16. The molecular weight excluding hydrogens is 235 g/mol. The number of fused-ring (bicyclic) bond motifs is 2. The van der Waals surface area contributed by atoms with Crippen molar-refractivity contribution >= 4 is 5.91 Å². The van der Waals surface area contributed by atoms with Gasteiger partial charge in [-0.25, -0.2) is 4.98 Å². The molecule has 2 aliphatic heterocycles. The molecule has 96 valence electrons. The standard InChI is InChI=1S/C13H15FN2O2/c14-12-5-8(3-4-15-12)13(18)16-9-1-2-10(16)7-11(17)6-9/h3-5,9-11,17H,1-2,6-7H2. The zero-order valence-electron chi connectivity index (χ0n) is 9.92. The molecule has 2 bridgehead atoms. The largest absolute Gasteiger partial charge is 0.393 e. The van der Waals surface area contributed by atoms with Gasteiger partial charge >= 0.3 is 0 Å². The van der Waals surface area contributed by atoms with Gasteiger partial charge in [0.1, 0.15) is 0 Å². The summed E-state index contributed by atoms with van der Waals surface area (Å²) in [5.74, 6) is -0.777. The second kappa shape index (κ2) is 4.31. The zero-order valence-corrected chi connectivity index (χ0v) is 9.92. The van der Waals surface area contributed by atoms with Gasteiger partial charge in [0.15, 0.2) is 0 Å². The Balaban J connectivity index is 1.85. The Morgan fingerprint density at radius 2 is 2.06 bits per heavy atom. The highest BCUT2D eigenvalue weighted by atomic mass is 19.1. The second-order valence-electron chi connectivity index (χ2n) is 5.09. The predicted octanol–water partition coefficient (Wildman–Crippen LogP) is 1.35. The van der Waals surface area contributed by atoms with Crippen molar-refractivity contribution in [2.24, 2.45) is 0 Å². The lowest BCUT2D eigenvalue weighted by molar-refractivity contribution is 0.0286. The molecule has 0 radical (unpaired) electrons. The smallest absolute Gasteiger partial charge is 0.254 e. The predicted molar refractivity (Wildman–Crippen MR) is 62.4 cm³/mol. The molecule has 2 unspecified atom stereocenters. The van der Waals surface area contributed by atoms with Crippen molar-refractivity contribution in [3.63, 3.8) is 0 Å². The van der Waals surface area contributed by atoms with Crippen molar-refractivity contribution in [1.29, 1.82) is 0 Å². The number of aromatic nitrogens is 1. The summed E-state index contributed by atoms with van der Waals surface area (Å²) in [5, 5.41) is 9.70. The summed E-state index contributed by atoms with van der Waals surface area (Å²) in [7, 11) is 0. The van der Waals surface area contributed by atoms with Gasteiger partial charge in [-0.2, -0.15) is 4.39 Å². The molecule has 1 aromatic rings. The first kappa shape index (κ1) is 11.6. The van der Waals surface area contributed by atoms with Crippen molar-refractivity contribution in [3.8, 4) is 0 Å². The minimum absolute atomic E-state index is 0.0995.